The second-order valence-electron chi connectivity index (χ2n) is 9.56. The maximum Gasteiger partial charge on any atom is 0.176 e. The van der Waals surface area contributed by atoms with E-state index in [1.807, 2.05) is 14.2 Å². The fourth-order valence-corrected chi connectivity index (χ4v) is 5.94. The lowest BCUT2D eigenvalue weighted by Crippen LogP contribution is -2.54. The van der Waals surface area contributed by atoms with Crippen LogP contribution < -0.4 is 0 Å². The van der Waals surface area contributed by atoms with Crippen LogP contribution in [0.1, 0.15) is 92.4 Å². The highest BCUT2D eigenvalue weighted by Crippen LogP contribution is 2.51. The number of rotatable bonds is 18. The van der Waals surface area contributed by atoms with Gasteiger partial charge in [0.25, 0.3) is 0 Å². The van der Waals surface area contributed by atoms with E-state index >= 15 is 0 Å². The first-order valence-corrected chi connectivity index (χ1v) is 13.2. The van der Waals surface area contributed by atoms with Gasteiger partial charge in [0.15, 0.2) is 5.79 Å². The van der Waals surface area contributed by atoms with Crippen LogP contribution in [-0.4, -0.2) is 44.4 Å². The summed E-state index contributed by atoms with van der Waals surface area (Å²) < 4.78 is 25.0. The summed E-state index contributed by atoms with van der Waals surface area (Å²) in [4.78, 5) is 0. The predicted octanol–water partition coefficient (Wildman–Crippen LogP) is 7.08. The van der Waals surface area contributed by atoms with Crippen molar-refractivity contribution in [2.75, 3.05) is 14.2 Å². The van der Waals surface area contributed by atoms with E-state index in [0.29, 0.717) is 5.92 Å². The van der Waals surface area contributed by atoms with Crippen molar-refractivity contribution in [1.29, 1.82) is 0 Å². The van der Waals surface area contributed by atoms with Crippen molar-refractivity contribution in [3.05, 3.63) is 24.3 Å². The largest absolute Gasteiger partial charge is 0.365 e. The first kappa shape index (κ1) is 27.6. The zero-order valence-corrected chi connectivity index (χ0v) is 21.8. The van der Waals surface area contributed by atoms with Gasteiger partial charge < -0.3 is 18.9 Å². The molecular formula is C28H50O4. The van der Waals surface area contributed by atoms with Gasteiger partial charge >= 0.3 is 0 Å². The zero-order valence-electron chi connectivity index (χ0n) is 21.8. The standard InChI is InChI=1S/C28H50O4/c1-8-13-14-15-16-17-20-23(21(11-4)26-24(31-26)18-9-2)28(29-6,30-7)22(12-5)27-25(32-27)19-10-3/h9-10,18-19,21-27H,8,11-17,20H2,1-7H3. The van der Waals surface area contributed by atoms with Gasteiger partial charge in [-0.1, -0.05) is 90.0 Å². The first-order valence-electron chi connectivity index (χ1n) is 13.2. The Labute approximate surface area is 198 Å². The van der Waals surface area contributed by atoms with Crippen LogP contribution in [0.4, 0.5) is 0 Å². The SMILES string of the molecule is CC=CC1OC1C(CC)C(CCCCCCCC)C(OC)(OC)C(CC)C1OC1C=CC. The average molecular weight is 451 g/mol. The Balaban J connectivity index is 2.25. The maximum absolute atomic E-state index is 6.38. The Morgan fingerprint density at radius 2 is 1.34 bits per heavy atom. The maximum atomic E-state index is 6.38. The molecule has 7 unspecified atom stereocenters. The van der Waals surface area contributed by atoms with Gasteiger partial charge in [0.2, 0.25) is 0 Å². The Morgan fingerprint density at radius 3 is 1.88 bits per heavy atom. The molecule has 0 radical (unpaired) electrons. The lowest BCUT2D eigenvalue weighted by Gasteiger charge is -2.46. The number of hydrogen-bond donors (Lipinski definition) is 0. The van der Waals surface area contributed by atoms with Gasteiger partial charge in [-0.3, -0.25) is 0 Å². The van der Waals surface area contributed by atoms with Crippen molar-refractivity contribution in [3.63, 3.8) is 0 Å². The summed E-state index contributed by atoms with van der Waals surface area (Å²) in [6.45, 7) is 10.9. The van der Waals surface area contributed by atoms with Crippen LogP contribution in [0.25, 0.3) is 0 Å². The van der Waals surface area contributed by atoms with E-state index in [1.165, 1.54) is 38.5 Å². The molecule has 0 bridgehead atoms. The second kappa shape index (κ2) is 13.9. The molecule has 4 heteroatoms. The lowest BCUT2D eigenvalue weighted by atomic mass is 9.71. The number of unbranched alkanes of at least 4 members (excludes halogenated alkanes) is 5. The highest BCUT2D eigenvalue weighted by atomic mass is 16.7. The molecule has 0 N–H and O–H groups in total. The smallest absolute Gasteiger partial charge is 0.176 e. The Bertz CT molecular complexity index is 568. The summed E-state index contributed by atoms with van der Waals surface area (Å²) in [6, 6.07) is 0. The molecule has 7 atom stereocenters. The summed E-state index contributed by atoms with van der Waals surface area (Å²) in [7, 11) is 3.66. The normalized spacial score (nSPS) is 28.3. The fourth-order valence-electron chi connectivity index (χ4n) is 5.94. The third-order valence-electron chi connectivity index (χ3n) is 7.67. The highest BCUT2D eigenvalue weighted by molar-refractivity contribution is 5.11. The molecule has 0 aliphatic carbocycles. The molecule has 32 heavy (non-hydrogen) atoms. The number of hydrogen-bond acceptors (Lipinski definition) is 4. The Hall–Kier alpha value is -0.680. The van der Waals surface area contributed by atoms with Gasteiger partial charge in [0, 0.05) is 26.1 Å². The zero-order chi connectivity index (χ0) is 23.6. The molecule has 0 aromatic heterocycles. The van der Waals surface area contributed by atoms with Gasteiger partial charge in [-0.05, 0) is 32.6 Å². The fraction of sp³-hybridized carbons (Fsp3) is 0.857. The van der Waals surface area contributed by atoms with Crippen molar-refractivity contribution >= 4 is 0 Å². The molecule has 2 aliphatic heterocycles. The summed E-state index contributed by atoms with van der Waals surface area (Å²) in [6.07, 6.45) is 20.3. The molecule has 0 saturated carbocycles. The Kier molecular flexibility index (Phi) is 12.0. The predicted molar refractivity (Wildman–Crippen MR) is 133 cm³/mol. The summed E-state index contributed by atoms with van der Waals surface area (Å²) in [5.74, 6) is 0.206. The van der Waals surface area contributed by atoms with E-state index < -0.39 is 5.79 Å². The number of allylic oxidation sites excluding steroid dienone is 2. The van der Waals surface area contributed by atoms with Gasteiger partial charge in [0.1, 0.15) is 12.2 Å². The van der Waals surface area contributed by atoms with Gasteiger partial charge in [-0.25, -0.2) is 0 Å². The third-order valence-corrected chi connectivity index (χ3v) is 7.67. The average Bonchev–Trinajstić information content (AvgIpc) is 3.72. The van der Waals surface area contributed by atoms with E-state index in [0.717, 1.165) is 19.3 Å². The van der Waals surface area contributed by atoms with Crippen LogP contribution >= 0.6 is 0 Å². The summed E-state index contributed by atoms with van der Waals surface area (Å²) >= 11 is 0. The summed E-state index contributed by atoms with van der Waals surface area (Å²) in [5, 5.41) is 0. The molecule has 186 valence electrons. The number of ether oxygens (including phenoxy) is 4. The van der Waals surface area contributed by atoms with Crippen molar-refractivity contribution in [1.82, 2.24) is 0 Å². The minimum absolute atomic E-state index is 0.159. The van der Waals surface area contributed by atoms with Gasteiger partial charge in [0.05, 0.1) is 12.2 Å². The molecule has 2 rings (SSSR count). The molecule has 0 spiro atoms. The van der Waals surface area contributed by atoms with Crippen molar-refractivity contribution in [3.8, 4) is 0 Å². The molecule has 0 aromatic rings. The molecule has 0 amide bonds. The minimum Gasteiger partial charge on any atom is -0.365 e. The van der Waals surface area contributed by atoms with Crippen LogP contribution in [-0.2, 0) is 18.9 Å². The van der Waals surface area contributed by atoms with Crippen LogP contribution in [0.3, 0.4) is 0 Å². The third kappa shape index (κ3) is 6.68. The quantitative estimate of drug-likeness (QED) is 0.0968. The molecule has 4 nitrogen and oxygen atoms in total. The first-order chi connectivity index (χ1) is 15.6. The van der Waals surface area contributed by atoms with Gasteiger partial charge in [-0.2, -0.15) is 0 Å². The molecule has 2 fully saturated rings. The van der Waals surface area contributed by atoms with Crippen LogP contribution in [0.5, 0.6) is 0 Å². The minimum atomic E-state index is -0.660. The van der Waals surface area contributed by atoms with Crippen molar-refractivity contribution < 1.29 is 18.9 Å². The molecule has 2 heterocycles. The van der Waals surface area contributed by atoms with E-state index in [4.69, 9.17) is 18.9 Å². The van der Waals surface area contributed by atoms with Crippen molar-refractivity contribution in [2.45, 2.75) is 123 Å². The lowest BCUT2D eigenvalue weighted by molar-refractivity contribution is -0.286. The van der Waals surface area contributed by atoms with Gasteiger partial charge in [-0.15, -0.1) is 0 Å². The highest BCUT2D eigenvalue weighted by Gasteiger charge is 2.59. The Morgan fingerprint density at radius 1 is 0.781 bits per heavy atom. The van der Waals surface area contributed by atoms with Crippen LogP contribution in [0.15, 0.2) is 24.3 Å². The molecule has 2 saturated heterocycles. The number of methoxy groups -OCH3 is 2. The van der Waals surface area contributed by atoms with E-state index in [2.05, 4.69) is 58.9 Å². The molecule has 2 aliphatic rings. The summed E-state index contributed by atoms with van der Waals surface area (Å²) in [5.41, 5.74) is 0. The molecular weight excluding hydrogens is 400 g/mol. The van der Waals surface area contributed by atoms with E-state index in [1.54, 1.807) is 0 Å². The van der Waals surface area contributed by atoms with E-state index in [-0.39, 0.29) is 36.3 Å². The topological polar surface area (TPSA) is 43.5 Å². The monoisotopic (exact) mass is 450 g/mol. The van der Waals surface area contributed by atoms with Crippen LogP contribution in [0, 0.1) is 17.8 Å². The van der Waals surface area contributed by atoms with Crippen molar-refractivity contribution in [2.24, 2.45) is 17.8 Å². The number of epoxide rings is 2. The van der Waals surface area contributed by atoms with E-state index in [9.17, 15) is 0 Å². The molecule has 0 aromatic carbocycles. The van der Waals surface area contributed by atoms with Crippen LogP contribution in [0.2, 0.25) is 0 Å². The second-order valence-corrected chi connectivity index (χ2v) is 9.56.